The second kappa shape index (κ2) is 17.4. The largest absolute Gasteiger partial charge is 0.456 e. The normalized spacial score (nSPS) is 51.7. The highest BCUT2D eigenvalue weighted by Gasteiger charge is 2.72. The first-order valence-corrected chi connectivity index (χ1v) is 23.2. The van der Waals surface area contributed by atoms with E-state index in [1.807, 2.05) is 6.92 Å². The lowest BCUT2D eigenvalue weighted by molar-refractivity contribution is -0.368. The Labute approximate surface area is 371 Å². The number of fused-ring (bicyclic) bond motifs is 7. The molecule has 2 saturated heterocycles. The molecule has 7 aliphatic rings. The van der Waals surface area contributed by atoms with Gasteiger partial charge in [0, 0.05) is 37.7 Å². The number of allylic oxidation sites excluding steroid dienone is 1. The Morgan fingerprint density at radius 1 is 0.762 bits per heavy atom. The number of carbonyl (C=O) groups excluding carboxylic acids is 2. The van der Waals surface area contributed by atoms with Crippen molar-refractivity contribution in [2.45, 2.75) is 193 Å². The van der Waals surface area contributed by atoms with E-state index in [9.17, 15) is 45.3 Å². The zero-order chi connectivity index (χ0) is 46.4. The number of esters is 2. The van der Waals surface area contributed by atoms with Crippen LogP contribution in [-0.2, 0) is 42.7 Å². The fourth-order valence-corrected chi connectivity index (χ4v) is 14.6. The summed E-state index contributed by atoms with van der Waals surface area (Å²) in [6.45, 7) is 16.4. The number of hydrogen-bond donors (Lipinski definition) is 7. The maximum absolute atomic E-state index is 12.2. The summed E-state index contributed by atoms with van der Waals surface area (Å²) in [5.41, 5.74) is -1.10. The van der Waals surface area contributed by atoms with Gasteiger partial charge in [0.2, 0.25) is 0 Å². The minimum Gasteiger partial charge on any atom is -0.456 e. The lowest BCUT2D eigenvalue weighted by atomic mass is 9.32. The van der Waals surface area contributed by atoms with Crippen LogP contribution in [0.5, 0.6) is 0 Å². The molecule has 4 saturated carbocycles. The molecule has 5 aliphatic carbocycles. The second-order valence-corrected chi connectivity index (χ2v) is 22.2. The summed E-state index contributed by atoms with van der Waals surface area (Å²) < 4.78 is 41.8. The third kappa shape index (κ3) is 7.75. The molecule has 21 atom stereocenters. The summed E-state index contributed by atoms with van der Waals surface area (Å²) in [6.07, 6.45) is -7.77. The molecule has 2 aliphatic heterocycles. The quantitative estimate of drug-likeness (QED) is 0.0948. The number of methoxy groups -OCH3 is 1. The van der Waals surface area contributed by atoms with E-state index in [4.69, 9.17) is 33.2 Å². The molecule has 6 fully saturated rings. The third-order valence-corrected chi connectivity index (χ3v) is 18.2. The average molecular weight is 897 g/mol. The van der Waals surface area contributed by atoms with Gasteiger partial charge < -0.3 is 68.9 Å². The molecule has 360 valence electrons. The molecule has 0 bridgehead atoms. The summed E-state index contributed by atoms with van der Waals surface area (Å²) in [6, 6.07) is 0. The topological polar surface area (TPSA) is 240 Å². The van der Waals surface area contributed by atoms with Gasteiger partial charge in [-0.3, -0.25) is 9.59 Å². The molecule has 7 rings (SSSR count). The van der Waals surface area contributed by atoms with E-state index >= 15 is 0 Å². The smallest absolute Gasteiger partial charge is 0.303 e. The minimum absolute atomic E-state index is 0.00476. The Hall–Kier alpha value is -1.80. The van der Waals surface area contributed by atoms with Crippen molar-refractivity contribution in [1.29, 1.82) is 0 Å². The Kier molecular flexibility index (Phi) is 13.5. The molecule has 0 radical (unpaired) electrons. The zero-order valence-corrected chi connectivity index (χ0v) is 38.9. The maximum Gasteiger partial charge on any atom is 0.303 e. The fourth-order valence-electron chi connectivity index (χ4n) is 14.6. The highest BCUT2D eigenvalue weighted by molar-refractivity contribution is 5.67. The van der Waals surface area contributed by atoms with Crippen molar-refractivity contribution >= 4 is 11.9 Å². The van der Waals surface area contributed by atoms with Crippen molar-refractivity contribution in [1.82, 2.24) is 0 Å². The molecule has 63 heavy (non-hydrogen) atoms. The Morgan fingerprint density at radius 3 is 2.00 bits per heavy atom. The molecule has 0 spiro atoms. The number of ether oxygens (including phenoxy) is 7. The van der Waals surface area contributed by atoms with Crippen molar-refractivity contribution in [3.8, 4) is 0 Å². The maximum atomic E-state index is 12.2. The van der Waals surface area contributed by atoms with Gasteiger partial charge in [-0.15, -0.1) is 0 Å². The molecule has 16 nitrogen and oxygen atoms in total. The first-order chi connectivity index (χ1) is 29.4. The molecule has 0 aromatic rings. The van der Waals surface area contributed by atoms with E-state index in [0.29, 0.717) is 19.3 Å². The summed E-state index contributed by atoms with van der Waals surface area (Å²) in [5.74, 6) is -1.62. The van der Waals surface area contributed by atoms with Crippen molar-refractivity contribution in [2.75, 3.05) is 26.9 Å². The van der Waals surface area contributed by atoms with Crippen molar-refractivity contribution in [2.24, 2.45) is 50.2 Å². The summed E-state index contributed by atoms with van der Waals surface area (Å²) in [4.78, 5) is 24.0. The lowest BCUT2D eigenvalue weighted by Gasteiger charge is -2.73. The fraction of sp³-hybridized carbons (Fsp3) is 0.915. The highest BCUT2D eigenvalue weighted by atomic mass is 16.7. The summed E-state index contributed by atoms with van der Waals surface area (Å²) >= 11 is 0. The Balaban J connectivity index is 1.15. The highest BCUT2D eigenvalue weighted by Crippen LogP contribution is 2.76. The van der Waals surface area contributed by atoms with Gasteiger partial charge in [-0.2, -0.15) is 0 Å². The number of aliphatic hydroxyl groups excluding tert-OH is 7. The molecule has 21 unspecified atom stereocenters. The number of hydrogen-bond acceptors (Lipinski definition) is 16. The van der Waals surface area contributed by atoms with Gasteiger partial charge in [0.05, 0.1) is 44.2 Å². The Bertz CT molecular complexity index is 1720. The molecule has 7 N–H and O–H groups in total. The summed E-state index contributed by atoms with van der Waals surface area (Å²) in [5, 5.41) is 79.3. The van der Waals surface area contributed by atoms with Crippen LogP contribution in [0.3, 0.4) is 0 Å². The summed E-state index contributed by atoms with van der Waals surface area (Å²) in [7, 11) is 1.77. The van der Waals surface area contributed by atoms with E-state index in [2.05, 4.69) is 40.7 Å². The van der Waals surface area contributed by atoms with Gasteiger partial charge in [-0.05, 0) is 91.8 Å². The average Bonchev–Trinajstić information content (AvgIpc) is 3.21. The standard InChI is InChI=1S/C47H76O16/c1-23-33(54)37(63-41-35(56)38(60-25(3)52)36(59-24(2)51)29(20-48)61-41)34(55)40(58-23)62-32-12-13-43(6)30(44(32,7)21-49)11-14-45(8)39(43)28(57-10)17-26-27-18-42(4,5)15-16-47(27,22-50)31(53)19-46(26,45)9/h17,23,27-41,48-50,53-56H,11-16,18-22H2,1-10H3. The van der Waals surface area contributed by atoms with Gasteiger partial charge in [0.1, 0.15) is 30.5 Å². The molecule has 0 aromatic carbocycles. The molecule has 0 aromatic heterocycles. The second-order valence-electron chi connectivity index (χ2n) is 22.2. The van der Waals surface area contributed by atoms with Crippen LogP contribution in [0, 0.1) is 50.2 Å². The SMILES string of the molecule is COC1C=C2C3CC(C)(C)CCC3(CO)C(O)CC2(C)C2(C)CCC3C(C)(CO)C(OC4OC(C)C(O)C(OC5OC(CO)C(OC(C)=O)C(OC(C)=O)C5O)C4O)CCC3(C)C12. The van der Waals surface area contributed by atoms with E-state index in [-0.39, 0.29) is 58.7 Å². The van der Waals surface area contributed by atoms with Crippen LogP contribution >= 0.6 is 0 Å². The van der Waals surface area contributed by atoms with E-state index in [1.165, 1.54) is 5.57 Å². The van der Waals surface area contributed by atoms with Gasteiger partial charge in [-0.25, -0.2) is 0 Å². The van der Waals surface area contributed by atoms with Crippen LogP contribution in [0.15, 0.2) is 11.6 Å². The lowest BCUT2D eigenvalue weighted by Crippen LogP contribution is -2.70. The van der Waals surface area contributed by atoms with Crippen molar-refractivity contribution in [3.63, 3.8) is 0 Å². The Morgan fingerprint density at radius 2 is 1.40 bits per heavy atom. The van der Waals surface area contributed by atoms with Gasteiger partial charge in [0.15, 0.2) is 24.8 Å². The predicted molar refractivity (Wildman–Crippen MR) is 224 cm³/mol. The number of carbonyl (C=O) groups is 2. The van der Waals surface area contributed by atoms with Gasteiger partial charge in [-0.1, -0.05) is 53.2 Å². The van der Waals surface area contributed by atoms with Crippen molar-refractivity contribution < 1.29 is 78.5 Å². The van der Waals surface area contributed by atoms with Crippen molar-refractivity contribution in [3.05, 3.63) is 11.6 Å². The zero-order valence-electron chi connectivity index (χ0n) is 38.9. The molecule has 0 amide bonds. The van der Waals surface area contributed by atoms with Crippen LogP contribution < -0.4 is 0 Å². The number of aliphatic hydroxyl groups is 7. The van der Waals surface area contributed by atoms with E-state index in [1.54, 1.807) is 14.0 Å². The number of rotatable bonds is 10. The van der Waals surface area contributed by atoms with Crippen LogP contribution in [0.1, 0.15) is 114 Å². The van der Waals surface area contributed by atoms with E-state index < -0.39 is 103 Å². The molecule has 16 heteroatoms. The van der Waals surface area contributed by atoms with Crippen LogP contribution in [0.25, 0.3) is 0 Å². The first-order valence-electron chi connectivity index (χ1n) is 23.2. The predicted octanol–water partition coefficient (Wildman–Crippen LogP) is 2.53. The van der Waals surface area contributed by atoms with E-state index in [0.717, 1.165) is 46.0 Å². The molecular weight excluding hydrogens is 821 g/mol. The third-order valence-electron chi connectivity index (χ3n) is 18.2. The monoisotopic (exact) mass is 897 g/mol. The van der Waals surface area contributed by atoms with Crippen LogP contribution in [0.2, 0.25) is 0 Å². The van der Waals surface area contributed by atoms with Gasteiger partial charge in [0.25, 0.3) is 0 Å². The van der Waals surface area contributed by atoms with Gasteiger partial charge >= 0.3 is 11.9 Å². The minimum atomic E-state index is -1.77. The van der Waals surface area contributed by atoms with Crippen LogP contribution in [0.4, 0.5) is 0 Å². The molecular formula is C47H76O16. The first kappa shape index (κ1) is 49.1. The molecule has 2 heterocycles. The van der Waals surface area contributed by atoms with Crippen LogP contribution in [-0.4, -0.2) is 154 Å².